The molecule has 34 heavy (non-hydrogen) atoms. The lowest BCUT2D eigenvalue weighted by Gasteiger charge is -2.07. The van der Waals surface area contributed by atoms with E-state index in [0.717, 1.165) is 28.1 Å². The first-order chi connectivity index (χ1) is 16.5. The Morgan fingerprint density at radius 1 is 1.12 bits per heavy atom. The Kier molecular flexibility index (Phi) is 7.27. The van der Waals surface area contributed by atoms with Crippen molar-refractivity contribution in [3.05, 3.63) is 83.4 Å². The van der Waals surface area contributed by atoms with Crippen LogP contribution in [0.4, 0.5) is 0 Å². The fraction of sp³-hybridized carbons (Fsp3) is 0.269. The number of carboxylic acids is 1. The van der Waals surface area contributed by atoms with Gasteiger partial charge in [0.15, 0.2) is 0 Å². The number of oxazole rings is 1. The van der Waals surface area contributed by atoms with E-state index in [0.29, 0.717) is 43.7 Å². The number of hydrogen-bond donors (Lipinski definition) is 1. The van der Waals surface area contributed by atoms with Gasteiger partial charge in [-0.15, -0.1) is 5.10 Å². The van der Waals surface area contributed by atoms with Crippen LogP contribution >= 0.6 is 0 Å². The molecule has 0 bridgehead atoms. The number of nitrogens with zero attached hydrogens (tertiary/aromatic N) is 3. The standard InChI is InChI=1S/C26H27N3O5/c1-3-32-26-21(12-13-24(30)31)16-29(28-26)15-19-8-7-11-22(14-19)33-17-23-18(2)34-25(27-23)20-9-5-4-6-10-20/h4-11,14,16H,3,12-13,15,17H2,1-2H3,(H,30,31). The first-order valence-corrected chi connectivity index (χ1v) is 11.2. The number of carboxylic acid groups (broad SMARTS) is 1. The summed E-state index contributed by atoms with van der Waals surface area (Å²) in [4.78, 5) is 15.5. The molecule has 2 aromatic carbocycles. The van der Waals surface area contributed by atoms with E-state index in [9.17, 15) is 4.79 Å². The van der Waals surface area contributed by atoms with Gasteiger partial charge in [0.25, 0.3) is 0 Å². The van der Waals surface area contributed by atoms with Gasteiger partial charge in [0.1, 0.15) is 23.8 Å². The van der Waals surface area contributed by atoms with Crippen LogP contribution in [0.3, 0.4) is 0 Å². The summed E-state index contributed by atoms with van der Waals surface area (Å²) in [5, 5.41) is 13.5. The van der Waals surface area contributed by atoms with E-state index < -0.39 is 5.97 Å². The summed E-state index contributed by atoms with van der Waals surface area (Å²) in [5.41, 5.74) is 3.45. The molecule has 0 saturated heterocycles. The number of hydrogen-bond acceptors (Lipinski definition) is 6. The van der Waals surface area contributed by atoms with E-state index in [-0.39, 0.29) is 6.42 Å². The van der Waals surface area contributed by atoms with Gasteiger partial charge in [0.05, 0.1) is 13.2 Å². The molecule has 0 saturated carbocycles. The first kappa shape index (κ1) is 23.1. The first-order valence-electron chi connectivity index (χ1n) is 11.2. The molecule has 0 radical (unpaired) electrons. The molecule has 2 heterocycles. The van der Waals surface area contributed by atoms with Crippen LogP contribution in [0.1, 0.15) is 35.9 Å². The molecule has 8 heteroatoms. The van der Waals surface area contributed by atoms with Crippen LogP contribution in [-0.4, -0.2) is 32.4 Å². The van der Waals surface area contributed by atoms with Gasteiger partial charge in [0.2, 0.25) is 11.8 Å². The van der Waals surface area contributed by atoms with Crippen molar-refractivity contribution >= 4 is 5.97 Å². The number of rotatable bonds is 11. The van der Waals surface area contributed by atoms with Crippen molar-refractivity contribution < 1.29 is 23.8 Å². The van der Waals surface area contributed by atoms with Crippen LogP contribution in [0.25, 0.3) is 11.5 Å². The number of ether oxygens (including phenoxy) is 2. The second-order valence-corrected chi connectivity index (χ2v) is 7.81. The van der Waals surface area contributed by atoms with Crippen molar-refractivity contribution in [2.45, 2.75) is 39.8 Å². The molecule has 0 aliphatic carbocycles. The monoisotopic (exact) mass is 461 g/mol. The third-order valence-corrected chi connectivity index (χ3v) is 5.22. The van der Waals surface area contributed by atoms with E-state index in [2.05, 4.69) is 10.1 Å². The molecule has 0 unspecified atom stereocenters. The zero-order valence-corrected chi connectivity index (χ0v) is 19.2. The molecule has 0 fully saturated rings. The molecule has 0 spiro atoms. The SMILES string of the molecule is CCOc1nn(Cc2cccc(OCc3nc(-c4ccccc4)oc3C)c2)cc1CCC(=O)O. The summed E-state index contributed by atoms with van der Waals surface area (Å²) in [7, 11) is 0. The zero-order valence-electron chi connectivity index (χ0n) is 19.2. The third kappa shape index (κ3) is 5.83. The van der Waals surface area contributed by atoms with Gasteiger partial charge in [-0.25, -0.2) is 4.98 Å². The van der Waals surface area contributed by atoms with E-state index >= 15 is 0 Å². The highest BCUT2D eigenvalue weighted by molar-refractivity contribution is 5.67. The molecular formula is C26H27N3O5. The number of aryl methyl sites for hydroxylation is 2. The Balaban J connectivity index is 1.42. The summed E-state index contributed by atoms with van der Waals surface area (Å²) in [6.07, 6.45) is 2.24. The highest BCUT2D eigenvalue weighted by Crippen LogP contribution is 2.24. The largest absolute Gasteiger partial charge is 0.487 e. The van der Waals surface area contributed by atoms with Gasteiger partial charge in [-0.2, -0.15) is 0 Å². The van der Waals surface area contributed by atoms with Gasteiger partial charge >= 0.3 is 5.97 Å². The lowest BCUT2D eigenvalue weighted by Crippen LogP contribution is -2.02. The van der Waals surface area contributed by atoms with Crippen LogP contribution in [0, 0.1) is 6.92 Å². The van der Waals surface area contributed by atoms with Gasteiger partial charge in [-0.3, -0.25) is 9.48 Å². The number of carbonyl (C=O) groups is 1. The Labute approximate surface area is 197 Å². The lowest BCUT2D eigenvalue weighted by atomic mass is 10.2. The van der Waals surface area contributed by atoms with Gasteiger partial charge in [0, 0.05) is 23.7 Å². The molecule has 0 aliphatic heterocycles. The molecule has 0 amide bonds. The maximum absolute atomic E-state index is 10.9. The highest BCUT2D eigenvalue weighted by Gasteiger charge is 2.14. The lowest BCUT2D eigenvalue weighted by molar-refractivity contribution is -0.136. The zero-order chi connectivity index (χ0) is 23.9. The topological polar surface area (TPSA) is 99.6 Å². The fourth-order valence-corrected chi connectivity index (χ4v) is 3.54. The van der Waals surface area contributed by atoms with Crippen molar-refractivity contribution in [2.24, 2.45) is 0 Å². The summed E-state index contributed by atoms with van der Waals surface area (Å²) >= 11 is 0. The Hall–Kier alpha value is -4.07. The normalized spacial score (nSPS) is 10.9. The van der Waals surface area contributed by atoms with E-state index in [4.69, 9.17) is 19.0 Å². The maximum Gasteiger partial charge on any atom is 0.303 e. The Bertz CT molecular complexity index is 1250. The molecule has 4 aromatic rings. The average Bonchev–Trinajstić information content (AvgIpc) is 3.40. The molecule has 1 N–H and O–H groups in total. The highest BCUT2D eigenvalue weighted by atomic mass is 16.5. The van der Waals surface area contributed by atoms with Crippen molar-refractivity contribution in [1.29, 1.82) is 0 Å². The minimum atomic E-state index is -0.849. The predicted octanol–water partition coefficient (Wildman–Crippen LogP) is 4.89. The van der Waals surface area contributed by atoms with E-state index in [1.807, 2.05) is 74.6 Å². The van der Waals surface area contributed by atoms with Crippen molar-refractivity contribution in [3.8, 4) is 23.1 Å². The average molecular weight is 462 g/mol. The third-order valence-electron chi connectivity index (χ3n) is 5.22. The summed E-state index contributed by atoms with van der Waals surface area (Å²) < 4.78 is 19.1. The summed E-state index contributed by atoms with van der Waals surface area (Å²) in [6, 6.07) is 17.5. The number of aromatic nitrogens is 3. The Morgan fingerprint density at radius 2 is 1.94 bits per heavy atom. The fourth-order valence-electron chi connectivity index (χ4n) is 3.54. The molecule has 176 valence electrons. The second-order valence-electron chi connectivity index (χ2n) is 7.81. The second kappa shape index (κ2) is 10.7. The smallest absolute Gasteiger partial charge is 0.303 e. The van der Waals surface area contributed by atoms with Crippen molar-refractivity contribution in [3.63, 3.8) is 0 Å². The molecule has 2 aromatic heterocycles. The molecular weight excluding hydrogens is 434 g/mol. The minimum Gasteiger partial charge on any atom is -0.487 e. The van der Waals surface area contributed by atoms with Crippen LogP contribution in [0.2, 0.25) is 0 Å². The summed E-state index contributed by atoms with van der Waals surface area (Å²) in [5.74, 6) is 1.64. The molecule has 8 nitrogen and oxygen atoms in total. The van der Waals surface area contributed by atoms with E-state index in [1.54, 1.807) is 4.68 Å². The van der Waals surface area contributed by atoms with Crippen LogP contribution in [0.15, 0.2) is 65.2 Å². The van der Waals surface area contributed by atoms with Gasteiger partial charge < -0.3 is 19.0 Å². The number of aliphatic carboxylic acids is 1. The minimum absolute atomic E-state index is 0.0303. The van der Waals surface area contributed by atoms with Gasteiger partial charge in [-0.05, 0) is 50.1 Å². The summed E-state index contributed by atoms with van der Waals surface area (Å²) in [6.45, 7) is 5.02. The van der Waals surface area contributed by atoms with Crippen LogP contribution < -0.4 is 9.47 Å². The Morgan fingerprint density at radius 3 is 2.71 bits per heavy atom. The number of benzene rings is 2. The van der Waals surface area contributed by atoms with Crippen molar-refractivity contribution in [2.75, 3.05) is 6.61 Å². The van der Waals surface area contributed by atoms with Gasteiger partial charge in [-0.1, -0.05) is 30.3 Å². The molecule has 4 rings (SSSR count). The maximum atomic E-state index is 10.9. The van der Waals surface area contributed by atoms with Crippen molar-refractivity contribution in [1.82, 2.24) is 14.8 Å². The van der Waals surface area contributed by atoms with Crippen LogP contribution in [0.5, 0.6) is 11.6 Å². The predicted molar refractivity (Wildman–Crippen MR) is 126 cm³/mol. The molecule has 0 atom stereocenters. The van der Waals surface area contributed by atoms with Crippen LogP contribution in [-0.2, 0) is 24.4 Å². The van der Waals surface area contributed by atoms with E-state index in [1.165, 1.54) is 0 Å². The molecule has 0 aliphatic rings. The quantitative estimate of drug-likeness (QED) is 0.339.